The van der Waals surface area contributed by atoms with Gasteiger partial charge in [-0.25, -0.2) is 9.29 Å². The van der Waals surface area contributed by atoms with Gasteiger partial charge in [0.25, 0.3) is 11.8 Å². The second-order valence-electron chi connectivity index (χ2n) is 7.39. The molecule has 1 N–H and O–H groups in total. The molecule has 0 radical (unpaired) electrons. The van der Waals surface area contributed by atoms with Crippen molar-refractivity contribution in [1.82, 2.24) is 9.88 Å². The predicted molar refractivity (Wildman–Crippen MR) is 132 cm³/mol. The Labute approximate surface area is 203 Å². The predicted octanol–water partition coefficient (Wildman–Crippen LogP) is 4.84. The molecule has 1 aliphatic rings. The van der Waals surface area contributed by atoms with Crippen LogP contribution in [0.15, 0.2) is 58.6 Å². The van der Waals surface area contributed by atoms with Crippen LogP contribution in [0.3, 0.4) is 0 Å². The summed E-state index contributed by atoms with van der Waals surface area (Å²) in [6, 6.07) is 13.5. The van der Waals surface area contributed by atoms with E-state index in [9.17, 15) is 14.0 Å². The molecule has 2 aromatic carbocycles. The minimum Gasteiger partial charge on any atom is -0.495 e. The number of carbonyl (C=O) groups is 2. The van der Waals surface area contributed by atoms with Gasteiger partial charge in [-0.3, -0.25) is 14.9 Å². The van der Waals surface area contributed by atoms with E-state index in [1.165, 1.54) is 24.2 Å². The van der Waals surface area contributed by atoms with Gasteiger partial charge in [0, 0.05) is 15.9 Å². The number of amides is 2. The van der Waals surface area contributed by atoms with Crippen molar-refractivity contribution in [3.8, 4) is 11.4 Å². The van der Waals surface area contributed by atoms with E-state index in [4.69, 9.17) is 17.0 Å². The lowest BCUT2D eigenvalue weighted by Gasteiger charge is -2.29. The van der Waals surface area contributed by atoms with Gasteiger partial charge < -0.3 is 9.30 Å². The molecule has 0 aliphatic carbocycles. The second kappa shape index (κ2) is 8.92. The maximum absolute atomic E-state index is 14.6. The number of rotatable bonds is 4. The lowest BCUT2D eigenvalue weighted by Crippen LogP contribution is -2.54. The molecule has 4 rings (SSSR count). The zero-order valence-electron chi connectivity index (χ0n) is 18.0. The molecule has 0 atom stereocenters. The number of aromatic nitrogens is 1. The third-order valence-electron chi connectivity index (χ3n) is 5.35. The average Bonchev–Trinajstić information content (AvgIpc) is 3.04. The largest absolute Gasteiger partial charge is 0.495 e. The molecule has 33 heavy (non-hydrogen) atoms. The van der Waals surface area contributed by atoms with E-state index in [1.54, 1.807) is 54.0 Å². The quantitative estimate of drug-likeness (QED) is 0.299. The summed E-state index contributed by atoms with van der Waals surface area (Å²) < 4.78 is 22.3. The fourth-order valence-electron chi connectivity index (χ4n) is 3.81. The molecule has 168 valence electrons. The number of carbonyl (C=O) groups excluding carboxylic acids is 2. The van der Waals surface area contributed by atoms with Crippen LogP contribution < -0.4 is 15.0 Å². The molecule has 0 bridgehead atoms. The number of aryl methyl sites for hydroxylation is 1. The maximum atomic E-state index is 14.6. The number of nitrogens with one attached hydrogen (secondary N) is 1. The number of methoxy groups -OCH3 is 1. The highest BCUT2D eigenvalue weighted by Crippen LogP contribution is 2.32. The van der Waals surface area contributed by atoms with Crippen LogP contribution in [-0.2, 0) is 9.59 Å². The normalized spacial score (nSPS) is 15.2. The van der Waals surface area contributed by atoms with Crippen LogP contribution in [0.2, 0.25) is 0 Å². The fraction of sp³-hybridized carbons (Fsp3) is 0.125. The number of hydrogen-bond donors (Lipinski definition) is 1. The number of nitrogens with zero attached hydrogens (tertiary/aromatic N) is 2. The zero-order chi connectivity index (χ0) is 23.9. The first-order chi connectivity index (χ1) is 15.7. The number of thiocarbonyl (C=S) groups is 1. The van der Waals surface area contributed by atoms with Crippen LogP contribution >= 0.6 is 28.1 Å². The number of anilines is 1. The Morgan fingerprint density at radius 1 is 1.09 bits per heavy atom. The molecule has 1 saturated heterocycles. The number of halogens is 2. The highest BCUT2D eigenvalue weighted by atomic mass is 79.9. The molecular weight excluding hydrogens is 509 g/mol. The molecule has 3 aromatic rings. The van der Waals surface area contributed by atoms with E-state index in [0.29, 0.717) is 32.9 Å². The van der Waals surface area contributed by atoms with Crippen molar-refractivity contribution in [3.63, 3.8) is 0 Å². The van der Waals surface area contributed by atoms with E-state index in [0.717, 1.165) is 5.69 Å². The number of hydrogen-bond acceptors (Lipinski definition) is 4. The first-order valence-corrected chi connectivity index (χ1v) is 11.1. The van der Waals surface area contributed by atoms with Crippen LogP contribution in [0, 0.1) is 19.7 Å². The number of benzene rings is 2. The number of para-hydroxylation sites is 2. The van der Waals surface area contributed by atoms with Gasteiger partial charge in [-0.2, -0.15) is 0 Å². The molecule has 1 fully saturated rings. The van der Waals surface area contributed by atoms with Crippen molar-refractivity contribution in [1.29, 1.82) is 0 Å². The molecule has 0 spiro atoms. The van der Waals surface area contributed by atoms with Crippen molar-refractivity contribution >= 4 is 56.8 Å². The Bertz CT molecular complexity index is 1350. The minimum absolute atomic E-state index is 0.0333. The lowest BCUT2D eigenvalue weighted by atomic mass is 10.1. The molecule has 6 nitrogen and oxygen atoms in total. The fourth-order valence-corrected chi connectivity index (χ4v) is 4.42. The molecule has 0 unspecified atom stereocenters. The van der Waals surface area contributed by atoms with Crippen LogP contribution in [-0.4, -0.2) is 28.6 Å². The summed E-state index contributed by atoms with van der Waals surface area (Å²) in [7, 11) is 1.49. The van der Waals surface area contributed by atoms with E-state index in [-0.39, 0.29) is 10.7 Å². The minimum atomic E-state index is -0.601. The Morgan fingerprint density at radius 3 is 2.52 bits per heavy atom. The van der Waals surface area contributed by atoms with Gasteiger partial charge in [-0.15, -0.1) is 0 Å². The lowest BCUT2D eigenvalue weighted by molar-refractivity contribution is -0.122. The summed E-state index contributed by atoms with van der Waals surface area (Å²) in [5, 5.41) is 2.54. The van der Waals surface area contributed by atoms with Gasteiger partial charge in [0.2, 0.25) is 0 Å². The smallest absolute Gasteiger partial charge is 0.270 e. The summed E-state index contributed by atoms with van der Waals surface area (Å²) in [5.41, 5.74) is 2.74. The van der Waals surface area contributed by atoms with Gasteiger partial charge in [0.1, 0.15) is 17.1 Å². The molecule has 2 amide bonds. The number of ether oxygens (including phenoxy) is 1. The zero-order valence-corrected chi connectivity index (χ0v) is 20.4. The molecule has 9 heteroatoms. The first kappa shape index (κ1) is 22.9. The summed E-state index contributed by atoms with van der Waals surface area (Å²) in [6.45, 7) is 3.63. The monoisotopic (exact) mass is 527 g/mol. The van der Waals surface area contributed by atoms with Crippen LogP contribution in [0.1, 0.15) is 17.0 Å². The van der Waals surface area contributed by atoms with Gasteiger partial charge in [0.15, 0.2) is 5.11 Å². The van der Waals surface area contributed by atoms with E-state index in [2.05, 4.69) is 21.2 Å². The van der Waals surface area contributed by atoms with Crippen molar-refractivity contribution in [2.75, 3.05) is 12.0 Å². The first-order valence-electron chi connectivity index (χ1n) is 9.91. The van der Waals surface area contributed by atoms with Gasteiger partial charge in [-0.1, -0.05) is 28.1 Å². The van der Waals surface area contributed by atoms with Crippen molar-refractivity contribution in [3.05, 3.63) is 81.3 Å². The van der Waals surface area contributed by atoms with Gasteiger partial charge in [-0.05, 0) is 74.1 Å². The van der Waals surface area contributed by atoms with E-state index in [1.807, 2.05) is 6.92 Å². The van der Waals surface area contributed by atoms with Crippen molar-refractivity contribution < 1.29 is 18.7 Å². The standard InChI is InChI=1S/C24H19BrFN3O3S/c1-13-10-15(14(2)28(13)19-9-8-16(25)12-18(19)26)11-17-22(30)27-24(33)29(23(17)31)20-6-4-5-7-21(20)32-3/h4-12H,1-3H3,(H,27,30,33)/b17-11+. The third-order valence-corrected chi connectivity index (χ3v) is 6.13. The van der Waals surface area contributed by atoms with Crippen molar-refractivity contribution in [2.24, 2.45) is 0 Å². The van der Waals surface area contributed by atoms with Crippen LogP contribution in [0.5, 0.6) is 5.75 Å². The van der Waals surface area contributed by atoms with Crippen LogP contribution in [0.25, 0.3) is 11.8 Å². The highest BCUT2D eigenvalue weighted by Gasteiger charge is 2.36. The molecule has 1 aromatic heterocycles. The summed E-state index contributed by atoms with van der Waals surface area (Å²) in [4.78, 5) is 27.3. The summed E-state index contributed by atoms with van der Waals surface area (Å²) >= 11 is 8.53. The van der Waals surface area contributed by atoms with Crippen LogP contribution in [0.4, 0.5) is 10.1 Å². The Kier molecular flexibility index (Phi) is 6.18. The molecule has 0 saturated carbocycles. The SMILES string of the molecule is COc1ccccc1N1C(=O)/C(=C/c2cc(C)n(-c3ccc(Br)cc3F)c2C)C(=O)NC1=S. The van der Waals surface area contributed by atoms with Crippen molar-refractivity contribution in [2.45, 2.75) is 13.8 Å². The van der Waals surface area contributed by atoms with Gasteiger partial charge >= 0.3 is 0 Å². The Hall–Kier alpha value is -3.30. The Balaban J connectivity index is 1.79. The molecule has 1 aliphatic heterocycles. The van der Waals surface area contributed by atoms with Gasteiger partial charge in [0.05, 0.1) is 18.5 Å². The topological polar surface area (TPSA) is 63.6 Å². The second-order valence-corrected chi connectivity index (χ2v) is 8.69. The van der Waals surface area contributed by atoms with E-state index < -0.39 is 17.6 Å². The highest BCUT2D eigenvalue weighted by molar-refractivity contribution is 9.10. The Morgan fingerprint density at radius 2 is 1.82 bits per heavy atom. The van der Waals surface area contributed by atoms with E-state index >= 15 is 0 Å². The molecular formula is C24H19BrFN3O3S. The maximum Gasteiger partial charge on any atom is 0.270 e. The average molecular weight is 528 g/mol. The third kappa shape index (κ3) is 4.09. The summed E-state index contributed by atoms with van der Waals surface area (Å²) in [6.07, 6.45) is 1.50. The molecule has 2 heterocycles. The summed E-state index contributed by atoms with van der Waals surface area (Å²) in [5.74, 6) is -1.14.